The van der Waals surface area contributed by atoms with Gasteiger partial charge in [-0.2, -0.15) is 0 Å². The lowest BCUT2D eigenvalue weighted by molar-refractivity contribution is -0.151. The van der Waals surface area contributed by atoms with E-state index in [2.05, 4.69) is 39.5 Å². The predicted octanol–water partition coefficient (Wildman–Crippen LogP) is 6.95. The van der Waals surface area contributed by atoms with Crippen molar-refractivity contribution >= 4 is 12.2 Å². The Bertz CT molecular complexity index is 1320. The molecule has 0 aromatic heterocycles. The molecule has 9 heteroatoms. The molecule has 9 nitrogen and oxygen atoms in total. The van der Waals surface area contributed by atoms with Crippen molar-refractivity contribution in [2.24, 2.45) is 51.2 Å². The molecule has 5 saturated carbocycles. The first-order valence-corrected chi connectivity index (χ1v) is 20.6. The number of aliphatic hydroxyl groups is 1. The van der Waals surface area contributed by atoms with Gasteiger partial charge in [0.25, 0.3) is 0 Å². The van der Waals surface area contributed by atoms with Gasteiger partial charge in [0.1, 0.15) is 12.2 Å². The largest absolute Gasteiger partial charge is 0.446 e. The van der Waals surface area contributed by atoms with Crippen LogP contribution in [0.1, 0.15) is 119 Å². The fraction of sp³-hybridized carbons (Fsp3) is 0.951. The number of piperazine rings is 1. The van der Waals surface area contributed by atoms with Gasteiger partial charge in [0.05, 0.1) is 17.8 Å². The van der Waals surface area contributed by atoms with Crippen molar-refractivity contribution in [3.8, 4) is 0 Å². The predicted molar refractivity (Wildman–Crippen MR) is 191 cm³/mol. The van der Waals surface area contributed by atoms with E-state index in [9.17, 15) is 14.7 Å². The number of carbonyl (C=O) groups is 2. The van der Waals surface area contributed by atoms with Crippen molar-refractivity contribution in [3.05, 3.63) is 0 Å². The summed E-state index contributed by atoms with van der Waals surface area (Å²) in [7, 11) is 0. The van der Waals surface area contributed by atoms with Crippen LogP contribution < -0.4 is 0 Å². The first-order valence-electron chi connectivity index (χ1n) is 20.6. The molecule has 0 aromatic rings. The summed E-state index contributed by atoms with van der Waals surface area (Å²) in [5.41, 5.74) is 0.421. The van der Waals surface area contributed by atoms with Crippen molar-refractivity contribution in [1.29, 1.82) is 0 Å². The van der Waals surface area contributed by atoms with Crippen LogP contribution >= 0.6 is 0 Å². The van der Waals surface area contributed by atoms with Crippen molar-refractivity contribution in [3.63, 3.8) is 0 Å². The number of hydrogen-bond donors (Lipinski definition) is 1. The minimum atomic E-state index is -0.726. The Morgan fingerprint density at radius 1 is 0.840 bits per heavy atom. The van der Waals surface area contributed by atoms with E-state index in [0.29, 0.717) is 53.6 Å². The van der Waals surface area contributed by atoms with E-state index in [1.165, 1.54) is 51.4 Å². The highest BCUT2D eigenvalue weighted by molar-refractivity contribution is 5.69. The van der Waals surface area contributed by atoms with Crippen LogP contribution in [0.5, 0.6) is 0 Å². The normalized spacial score (nSPS) is 44.1. The summed E-state index contributed by atoms with van der Waals surface area (Å²) in [6.07, 6.45) is 12.9. The molecule has 3 heterocycles. The third-order valence-electron chi connectivity index (χ3n) is 16.4. The first kappa shape index (κ1) is 35.4. The number of β-amino-alcohol motifs (C(OH)–C–C–N with tert-alkyl or cyclic N) is 1. The second kappa shape index (κ2) is 12.2. The van der Waals surface area contributed by atoms with Crippen LogP contribution in [-0.4, -0.2) is 108 Å². The summed E-state index contributed by atoms with van der Waals surface area (Å²) in [5, 5.41) is 10.2. The first-order chi connectivity index (χ1) is 23.6. The van der Waals surface area contributed by atoms with E-state index in [4.69, 9.17) is 14.2 Å². The minimum absolute atomic E-state index is 0.00228. The van der Waals surface area contributed by atoms with Gasteiger partial charge in [0, 0.05) is 51.2 Å². The maximum absolute atomic E-state index is 13.5. The molecule has 2 amide bonds. The Morgan fingerprint density at radius 3 is 2.20 bits per heavy atom. The Labute approximate surface area is 301 Å². The lowest BCUT2D eigenvalue weighted by Gasteiger charge is -2.59. The van der Waals surface area contributed by atoms with E-state index in [0.717, 1.165) is 51.4 Å². The van der Waals surface area contributed by atoms with Gasteiger partial charge >= 0.3 is 12.2 Å². The summed E-state index contributed by atoms with van der Waals surface area (Å²) in [5.74, 6) is 2.92. The molecule has 3 aliphatic heterocycles. The zero-order chi connectivity index (χ0) is 35.4. The average molecular weight is 698 g/mol. The summed E-state index contributed by atoms with van der Waals surface area (Å²) in [6, 6.07) is 0. The van der Waals surface area contributed by atoms with Crippen LogP contribution in [-0.2, 0) is 14.2 Å². The Kier molecular flexibility index (Phi) is 8.67. The minimum Gasteiger partial charge on any atom is -0.446 e. The Balaban J connectivity index is 0.915. The molecule has 8 rings (SSSR count). The fourth-order valence-electron chi connectivity index (χ4n) is 13.9. The number of amides is 2. The van der Waals surface area contributed by atoms with Crippen molar-refractivity contribution in [2.45, 2.75) is 149 Å². The van der Waals surface area contributed by atoms with Crippen LogP contribution in [0.25, 0.3) is 0 Å². The third kappa shape index (κ3) is 5.54. The molecule has 11 unspecified atom stereocenters. The van der Waals surface area contributed by atoms with Gasteiger partial charge in [-0.05, 0) is 130 Å². The number of carbonyl (C=O) groups excluding carboxylic acids is 2. The molecule has 8 fully saturated rings. The molecular weight excluding hydrogens is 630 g/mol. The van der Waals surface area contributed by atoms with Gasteiger partial charge in [-0.25, -0.2) is 9.59 Å². The average Bonchev–Trinajstić information content (AvgIpc) is 3.59. The monoisotopic (exact) mass is 698 g/mol. The van der Waals surface area contributed by atoms with Crippen molar-refractivity contribution in [1.82, 2.24) is 14.7 Å². The zero-order valence-corrected chi connectivity index (χ0v) is 32.3. The third-order valence-corrected chi connectivity index (χ3v) is 16.4. The topological polar surface area (TPSA) is 91.8 Å². The molecular formula is C41H67N3O6. The molecule has 1 N–H and O–H groups in total. The number of hydrogen-bond acceptors (Lipinski definition) is 7. The smallest absolute Gasteiger partial charge is 0.410 e. The van der Waals surface area contributed by atoms with E-state index < -0.39 is 5.60 Å². The molecule has 0 bridgehead atoms. The van der Waals surface area contributed by atoms with Gasteiger partial charge in [0.2, 0.25) is 0 Å². The molecule has 11 atom stereocenters. The van der Waals surface area contributed by atoms with Crippen molar-refractivity contribution < 1.29 is 28.9 Å². The molecule has 2 spiro atoms. The standard InChI is InChI=1S/C41H67N3O6/c1-26(2)34(50-36(46)43-17-8-18-43)30-11-9-28-31(48-30)23-29-27-10-12-32-38(5,6)33(13-14-41(32)24-40(27,41)16-15-39(28,29)7)49-35(45)44-21-19-42(20-22-44)25-37(3,4)47/h26-34,47H,8-25H2,1-7H3. The fourth-order valence-corrected chi connectivity index (χ4v) is 13.9. The maximum atomic E-state index is 13.5. The summed E-state index contributed by atoms with van der Waals surface area (Å²) in [4.78, 5) is 32.3. The number of fused-ring (bicyclic) bond motifs is 4. The number of rotatable bonds is 6. The molecule has 50 heavy (non-hydrogen) atoms. The lowest BCUT2D eigenvalue weighted by Crippen LogP contribution is -2.56. The molecule has 0 aromatic carbocycles. The van der Waals surface area contributed by atoms with Gasteiger partial charge in [-0.3, -0.25) is 4.90 Å². The SMILES string of the molecule is CC(C)C(OC(=O)N1CCC1)C1CCC2C(CC3C4CCC5C(C)(C)C(OC(=O)N6CCN(CC(C)(C)O)CC6)CCC56CC46CCC23C)O1. The lowest BCUT2D eigenvalue weighted by atomic mass is 9.46. The highest BCUT2D eigenvalue weighted by atomic mass is 16.6. The van der Waals surface area contributed by atoms with Gasteiger partial charge < -0.3 is 29.1 Å². The van der Waals surface area contributed by atoms with Crippen LogP contribution in [0.4, 0.5) is 9.59 Å². The van der Waals surface area contributed by atoms with E-state index >= 15 is 0 Å². The Morgan fingerprint density at radius 2 is 1.54 bits per heavy atom. The van der Waals surface area contributed by atoms with Crippen LogP contribution in [0.15, 0.2) is 0 Å². The molecule has 5 aliphatic carbocycles. The number of likely N-dealkylation sites (tertiary alicyclic amines) is 1. The van der Waals surface area contributed by atoms with E-state index in [1.807, 2.05) is 23.6 Å². The van der Waals surface area contributed by atoms with Gasteiger partial charge in [-0.15, -0.1) is 0 Å². The number of nitrogens with zero attached hydrogens (tertiary/aromatic N) is 3. The van der Waals surface area contributed by atoms with Crippen LogP contribution in [0.3, 0.4) is 0 Å². The Hall–Kier alpha value is -1.58. The quantitative estimate of drug-likeness (QED) is 0.321. The molecule has 0 radical (unpaired) electrons. The second-order valence-corrected chi connectivity index (χ2v) is 20.2. The van der Waals surface area contributed by atoms with E-state index in [-0.39, 0.29) is 47.9 Å². The summed E-state index contributed by atoms with van der Waals surface area (Å²) >= 11 is 0. The van der Waals surface area contributed by atoms with Gasteiger partial charge in [-0.1, -0.05) is 34.6 Å². The number of ether oxygens (including phenoxy) is 3. The van der Waals surface area contributed by atoms with Crippen LogP contribution in [0, 0.1) is 51.2 Å². The summed E-state index contributed by atoms with van der Waals surface area (Å²) in [6.45, 7) is 20.6. The summed E-state index contributed by atoms with van der Waals surface area (Å²) < 4.78 is 19.6. The van der Waals surface area contributed by atoms with Crippen LogP contribution in [0.2, 0.25) is 0 Å². The van der Waals surface area contributed by atoms with E-state index in [1.54, 1.807) is 0 Å². The van der Waals surface area contributed by atoms with Crippen molar-refractivity contribution in [2.75, 3.05) is 45.8 Å². The second-order valence-electron chi connectivity index (χ2n) is 20.2. The maximum Gasteiger partial charge on any atom is 0.410 e. The zero-order valence-electron chi connectivity index (χ0n) is 32.3. The van der Waals surface area contributed by atoms with Gasteiger partial charge in [0.15, 0.2) is 0 Å². The molecule has 8 aliphatic rings. The highest BCUT2D eigenvalue weighted by Crippen LogP contribution is 2.87. The highest BCUT2D eigenvalue weighted by Gasteiger charge is 2.81. The molecule has 282 valence electrons. The molecule has 3 saturated heterocycles.